The summed E-state index contributed by atoms with van der Waals surface area (Å²) in [5.74, 6) is 0.683. The van der Waals surface area contributed by atoms with Crippen molar-refractivity contribution in [2.75, 3.05) is 5.32 Å². The lowest BCUT2D eigenvalue weighted by molar-refractivity contribution is -0.139. The Morgan fingerprint density at radius 1 is 1.40 bits per heavy atom. The van der Waals surface area contributed by atoms with Gasteiger partial charge in [-0.1, -0.05) is 11.6 Å². The van der Waals surface area contributed by atoms with Gasteiger partial charge in [0.1, 0.15) is 5.75 Å². The molecular formula is C11H10ClNO2. The molecule has 0 aromatic heterocycles. The van der Waals surface area contributed by atoms with Crippen molar-refractivity contribution in [3.63, 3.8) is 0 Å². The van der Waals surface area contributed by atoms with Gasteiger partial charge in [-0.15, -0.1) is 0 Å². The van der Waals surface area contributed by atoms with Crippen LogP contribution in [0.1, 0.15) is 19.3 Å². The highest BCUT2D eigenvalue weighted by molar-refractivity contribution is 6.31. The van der Waals surface area contributed by atoms with E-state index >= 15 is 0 Å². The summed E-state index contributed by atoms with van der Waals surface area (Å²) in [6.07, 6.45) is 2.66. The summed E-state index contributed by atoms with van der Waals surface area (Å²) >= 11 is 5.84. The first-order valence-corrected chi connectivity index (χ1v) is 5.37. The summed E-state index contributed by atoms with van der Waals surface area (Å²) in [5.41, 5.74) is 0.0749. The summed E-state index contributed by atoms with van der Waals surface area (Å²) in [6.45, 7) is 0. The molecule has 0 saturated heterocycles. The second-order valence-corrected chi connectivity index (χ2v) is 4.48. The lowest BCUT2D eigenvalue weighted by Crippen LogP contribution is -2.55. The number of fused-ring (bicyclic) bond motifs is 1. The molecule has 0 unspecified atom stereocenters. The van der Waals surface area contributed by atoms with Gasteiger partial charge in [-0.25, -0.2) is 0 Å². The van der Waals surface area contributed by atoms with Crippen LogP contribution in [0, 0.1) is 0 Å². The van der Waals surface area contributed by atoms with Crippen molar-refractivity contribution in [1.82, 2.24) is 0 Å². The first-order valence-electron chi connectivity index (χ1n) is 5.00. The van der Waals surface area contributed by atoms with E-state index < -0.39 is 5.60 Å². The molecule has 3 rings (SSSR count). The highest BCUT2D eigenvalue weighted by atomic mass is 35.5. The predicted octanol–water partition coefficient (Wildman–Crippen LogP) is 2.59. The van der Waals surface area contributed by atoms with Crippen LogP contribution in [0.5, 0.6) is 5.75 Å². The molecule has 0 atom stereocenters. The van der Waals surface area contributed by atoms with Crippen LogP contribution in [-0.2, 0) is 4.79 Å². The van der Waals surface area contributed by atoms with Crippen LogP contribution < -0.4 is 10.1 Å². The average molecular weight is 224 g/mol. The van der Waals surface area contributed by atoms with Crippen LogP contribution in [0.3, 0.4) is 0 Å². The molecule has 1 aromatic rings. The molecule has 0 radical (unpaired) electrons. The number of halogens is 1. The Balaban J connectivity index is 2.02. The zero-order valence-electron chi connectivity index (χ0n) is 8.05. The minimum Gasteiger partial charge on any atom is -0.475 e. The van der Waals surface area contributed by atoms with Gasteiger partial charge in [0.2, 0.25) is 0 Å². The number of nitrogens with one attached hydrogen (secondary N) is 1. The second-order valence-electron chi connectivity index (χ2n) is 4.04. The van der Waals surface area contributed by atoms with Crippen LogP contribution >= 0.6 is 11.6 Å². The van der Waals surface area contributed by atoms with E-state index in [9.17, 15) is 4.79 Å². The average Bonchev–Trinajstić information content (AvgIpc) is 2.14. The Kier molecular flexibility index (Phi) is 1.74. The molecule has 15 heavy (non-hydrogen) atoms. The van der Waals surface area contributed by atoms with Crippen molar-refractivity contribution in [1.29, 1.82) is 0 Å². The van der Waals surface area contributed by atoms with E-state index in [4.69, 9.17) is 16.3 Å². The molecule has 2 aliphatic rings. The summed E-state index contributed by atoms with van der Waals surface area (Å²) < 4.78 is 5.75. The van der Waals surface area contributed by atoms with Crippen molar-refractivity contribution in [3.05, 3.63) is 23.2 Å². The Morgan fingerprint density at radius 3 is 2.87 bits per heavy atom. The van der Waals surface area contributed by atoms with Crippen molar-refractivity contribution in [2.24, 2.45) is 0 Å². The third kappa shape index (κ3) is 1.23. The molecule has 1 aliphatic carbocycles. The molecule has 1 amide bonds. The fourth-order valence-corrected chi connectivity index (χ4v) is 2.18. The Hall–Kier alpha value is -1.22. The topological polar surface area (TPSA) is 38.3 Å². The highest BCUT2D eigenvalue weighted by Crippen LogP contribution is 2.44. The van der Waals surface area contributed by atoms with E-state index in [1.165, 1.54) is 0 Å². The second kappa shape index (κ2) is 2.89. The van der Waals surface area contributed by atoms with Crippen molar-refractivity contribution < 1.29 is 9.53 Å². The standard InChI is InChI=1S/C11H10ClNO2/c12-7-2-3-9-8(6-7)13-10(14)11(15-9)4-1-5-11/h2-3,6H,1,4-5H2,(H,13,14). The van der Waals surface area contributed by atoms with Gasteiger partial charge in [-0.2, -0.15) is 0 Å². The number of ether oxygens (including phenoxy) is 1. The molecular weight excluding hydrogens is 214 g/mol. The summed E-state index contributed by atoms with van der Waals surface area (Å²) in [7, 11) is 0. The van der Waals surface area contributed by atoms with Gasteiger partial charge in [-0.05, 0) is 37.5 Å². The number of carbonyl (C=O) groups is 1. The lowest BCUT2D eigenvalue weighted by atomic mass is 9.78. The molecule has 1 heterocycles. The van der Waals surface area contributed by atoms with E-state index in [-0.39, 0.29) is 5.91 Å². The minimum atomic E-state index is -0.596. The third-order valence-corrected chi connectivity index (χ3v) is 3.31. The van der Waals surface area contributed by atoms with Crippen LogP contribution in [-0.4, -0.2) is 11.5 Å². The van der Waals surface area contributed by atoms with Gasteiger partial charge in [-0.3, -0.25) is 4.79 Å². The van der Waals surface area contributed by atoms with E-state index in [0.717, 1.165) is 25.0 Å². The van der Waals surface area contributed by atoms with Crippen LogP contribution in [0.4, 0.5) is 5.69 Å². The Bertz CT molecular complexity index is 440. The molecule has 1 N–H and O–H groups in total. The number of hydrogen-bond acceptors (Lipinski definition) is 2. The molecule has 1 fully saturated rings. The number of benzene rings is 1. The van der Waals surface area contributed by atoms with E-state index in [2.05, 4.69) is 5.32 Å². The fourth-order valence-electron chi connectivity index (χ4n) is 2.01. The summed E-state index contributed by atoms with van der Waals surface area (Å²) in [4.78, 5) is 11.8. The maximum atomic E-state index is 11.8. The smallest absolute Gasteiger partial charge is 0.268 e. The Morgan fingerprint density at radius 2 is 2.20 bits per heavy atom. The largest absolute Gasteiger partial charge is 0.475 e. The van der Waals surface area contributed by atoms with Crippen LogP contribution in [0.25, 0.3) is 0 Å². The molecule has 0 bridgehead atoms. The normalized spacial score (nSPS) is 21.3. The number of hydrogen-bond donors (Lipinski definition) is 1. The SMILES string of the molecule is O=C1Nc2cc(Cl)ccc2OC12CCC2. The molecule has 1 aliphatic heterocycles. The van der Waals surface area contributed by atoms with Gasteiger partial charge in [0, 0.05) is 5.02 Å². The Labute approximate surface area is 92.4 Å². The fraction of sp³-hybridized carbons (Fsp3) is 0.364. The molecule has 78 valence electrons. The van der Waals surface area contributed by atoms with Crippen molar-refractivity contribution in [3.8, 4) is 5.75 Å². The number of anilines is 1. The summed E-state index contributed by atoms with van der Waals surface area (Å²) in [5, 5.41) is 3.44. The quantitative estimate of drug-likeness (QED) is 0.734. The van der Waals surface area contributed by atoms with Gasteiger partial charge < -0.3 is 10.1 Å². The monoisotopic (exact) mass is 223 g/mol. The van der Waals surface area contributed by atoms with Crippen LogP contribution in [0.15, 0.2) is 18.2 Å². The van der Waals surface area contributed by atoms with Gasteiger partial charge in [0.25, 0.3) is 5.91 Å². The first-order chi connectivity index (χ1) is 7.20. The number of rotatable bonds is 0. The lowest BCUT2D eigenvalue weighted by Gasteiger charge is -2.43. The number of amides is 1. The zero-order valence-corrected chi connectivity index (χ0v) is 8.80. The number of carbonyl (C=O) groups excluding carboxylic acids is 1. The molecule has 1 aromatic carbocycles. The van der Waals surface area contributed by atoms with Crippen molar-refractivity contribution in [2.45, 2.75) is 24.9 Å². The zero-order chi connectivity index (χ0) is 10.5. The van der Waals surface area contributed by atoms with Crippen molar-refractivity contribution >= 4 is 23.2 Å². The third-order valence-electron chi connectivity index (χ3n) is 3.07. The predicted molar refractivity (Wildman–Crippen MR) is 57.3 cm³/mol. The van der Waals surface area contributed by atoms with Gasteiger partial charge >= 0.3 is 0 Å². The van der Waals surface area contributed by atoms with Gasteiger partial charge in [0.15, 0.2) is 5.60 Å². The van der Waals surface area contributed by atoms with Crippen LogP contribution in [0.2, 0.25) is 5.02 Å². The van der Waals surface area contributed by atoms with E-state index in [0.29, 0.717) is 10.7 Å². The summed E-state index contributed by atoms with van der Waals surface area (Å²) in [6, 6.07) is 5.28. The maximum absolute atomic E-state index is 11.8. The molecule has 1 saturated carbocycles. The highest BCUT2D eigenvalue weighted by Gasteiger charge is 2.49. The first kappa shape index (κ1) is 9.04. The van der Waals surface area contributed by atoms with Gasteiger partial charge in [0.05, 0.1) is 5.69 Å². The molecule has 4 heteroatoms. The minimum absolute atomic E-state index is 0.0384. The van der Waals surface area contributed by atoms with E-state index in [1.807, 2.05) is 0 Å². The molecule has 3 nitrogen and oxygen atoms in total. The van der Waals surface area contributed by atoms with E-state index in [1.54, 1.807) is 18.2 Å². The maximum Gasteiger partial charge on any atom is 0.268 e. The molecule has 1 spiro atoms.